The molecule has 0 saturated heterocycles. The first kappa shape index (κ1) is 23.2. The molecular weight excluding hydrogens is 308 g/mol. The van der Waals surface area contributed by atoms with Crippen molar-refractivity contribution in [2.75, 3.05) is 6.61 Å². The number of carbonyl (C=O) groups is 1. The molecule has 0 aliphatic heterocycles. The fourth-order valence-electron chi connectivity index (χ4n) is 2.40. The summed E-state index contributed by atoms with van der Waals surface area (Å²) in [7, 11) is 0. The Morgan fingerprint density at radius 2 is 1.79 bits per heavy atom. The molecule has 0 saturated carbocycles. The zero-order chi connectivity index (χ0) is 18.4. The van der Waals surface area contributed by atoms with E-state index in [2.05, 4.69) is 37.6 Å². The Kier molecular flexibility index (Phi) is 13.0. The van der Waals surface area contributed by atoms with E-state index >= 15 is 0 Å². The summed E-state index contributed by atoms with van der Waals surface area (Å²) in [6.07, 6.45) is 7.30. The number of rotatable bonds is 14. The highest BCUT2D eigenvalue weighted by molar-refractivity contribution is 5.58. The summed E-state index contributed by atoms with van der Waals surface area (Å²) < 4.78 is 5.09. The van der Waals surface area contributed by atoms with Gasteiger partial charge in [-0.3, -0.25) is 0 Å². The zero-order valence-electron chi connectivity index (χ0n) is 16.6. The van der Waals surface area contributed by atoms with Gasteiger partial charge in [-0.15, -0.1) is 0 Å². The van der Waals surface area contributed by atoms with E-state index in [0.29, 0.717) is 18.4 Å². The fraction of sp³-hybridized carbons (Fsp3) is 0.947. The Bertz CT molecular complexity index is 319. The minimum atomic E-state index is -0.842. The third kappa shape index (κ3) is 11.7. The van der Waals surface area contributed by atoms with Crippen LogP contribution in [-0.4, -0.2) is 18.4 Å². The van der Waals surface area contributed by atoms with Crippen molar-refractivity contribution in [3.8, 4) is 0 Å². The van der Waals surface area contributed by atoms with E-state index in [0.717, 1.165) is 51.4 Å². The van der Waals surface area contributed by atoms with Crippen molar-refractivity contribution in [3.63, 3.8) is 0 Å². The van der Waals surface area contributed by atoms with Crippen molar-refractivity contribution in [2.45, 2.75) is 98.5 Å². The van der Waals surface area contributed by atoms with Crippen LogP contribution in [-0.2, 0) is 19.6 Å². The van der Waals surface area contributed by atoms with E-state index < -0.39 is 11.8 Å². The highest BCUT2D eigenvalue weighted by atomic mass is 17.5. The quantitative estimate of drug-likeness (QED) is 0.212. The Hall–Kier alpha value is -0.810. The summed E-state index contributed by atoms with van der Waals surface area (Å²) in [6.45, 7) is 13.0. The van der Waals surface area contributed by atoms with Gasteiger partial charge in [0, 0.05) is 0 Å². The Labute approximate surface area is 148 Å². The standard InChI is InChI=1S/C19H38O5/c1-7-10-13-17(8-2)15-21-18(20)22-24-23-19(6,9-3)14-11-12-16(4)5/h16-17H,7-15H2,1-6H3. The lowest BCUT2D eigenvalue weighted by molar-refractivity contribution is -0.520. The van der Waals surface area contributed by atoms with Crippen LogP contribution in [0.4, 0.5) is 4.79 Å². The molecule has 0 aliphatic carbocycles. The Morgan fingerprint density at radius 1 is 1.08 bits per heavy atom. The molecule has 0 aromatic carbocycles. The molecule has 0 N–H and O–H groups in total. The topological polar surface area (TPSA) is 54.0 Å². The van der Waals surface area contributed by atoms with Gasteiger partial charge in [0.2, 0.25) is 0 Å². The fourth-order valence-corrected chi connectivity index (χ4v) is 2.40. The van der Waals surface area contributed by atoms with Crippen LogP contribution in [0.15, 0.2) is 0 Å². The lowest BCUT2D eigenvalue weighted by Crippen LogP contribution is -2.29. The lowest BCUT2D eigenvalue weighted by atomic mass is 9.94. The lowest BCUT2D eigenvalue weighted by Gasteiger charge is -2.25. The molecule has 0 aliphatic rings. The molecule has 0 amide bonds. The van der Waals surface area contributed by atoms with Gasteiger partial charge in [0.05, 0.1) is 6.61 Å². The number of hydrogen-bond acceptors (Lipinski definition) is 5. The van der Waals surface area contributed by atoms with Gasteiger partial charge < -0.3 is 4.74 Å². The van der Waals surface area contributed by atoms with Crippen molar-refractivity contribution in [2.24, 2.45) is 11.8 Å². The summed E-state index contributed by atoms with van der Waals surface area (Å²) >= 11 is 0. The molecule has 0 radical (unpaired) electrons. The van der Waals surface area contributed by atoms with Crippen LogP contribution in [0.5, 0.6) is 0 Å². The second-order valence-electron chi connectivity index (χ2n) is 7.30. The molecule has 0 bridgehead atoms. The Morgan fingerprint density at radius 3 is 2.33 bits per heavy atom. The van der Waals surface area contributed by atoms with Gasteiger partial charge in [0.15, 0.2) is 0 Å². The normalized spacial score (nSPS) is 15.1. The third-order valence-corrected chi connectivity index (χ3v) is 4.55. The predicted molar refractivity (Wildman–Crippen MR) is 95.3 cm³/mol. The minimum absolute atomic E-state index is 0.359. The summed E-state index contributed by atoms with van der Waals surface area (Å²) in [5.41, 5.74) is -0.456. The maximum Gasteiger partial charge on any atom is 0.542 e. The highest BCUT2D eigenvalue weighted by Crippen LogP contribution is 2.24. The number of unbranched alkanes of at least 4 members (excludes halogenated alkanes) is 1. The van der Waals surface area contributed by atoms with Gasteiger partial charge in [-0.2, -0.15) is 4.89 Å². The molecule has 0 aromatic rings. The smallest absolute Gasteiger partial charge is 0.432 e. The van der Waals surface area contributed by atoms with Gasteiger partial charge in [0.1, 0.15) is 5.60 Å². The van der Waals surface area contributed by atoms with Crippen LogP contribution >= 0.6 is 0 Å². The molecule has 2 unspecified atom stereocenters. The Balaban J connectivity index is 3.98. The second-order valence-corrected chi connectivity index (χ2v) is 7.30. The van der Waals surface area contributed by atoms with Crippen molar-refractivity contribution in [1.82, 2.24) is 0 Å². The summed E-state index contributed by atoms with van der Waals surface area (Å²) in [5.74, 6) is 1.04. The van der Waals surface area contributed by atoms with Gasteiger partial charge in [-0.05, 0) is 43.1 Å². The molecule has 0 spiro atoms. The van der Waals surface area contributed by atoms with E-state index in [1.165, 1.54) is 0 Å². The molecule has 0 heterocycles. The van der Waals surface area contributed by atoms with Crippen LogP contribution in [0.1, 0.15) is 92.9 Å². The summed E-state index contributed by atoms with van der Waals surface area (Å²) in [5, 5.41) is 4.68. The van der Waals surface area contributed by atoms with E-state index in [1.807, 2.05) is 13.8 Å². The van der Waals surface area contributed by atoms with E-state index in [-0.39, 0.29) is 0 Å². The number of ether oxygens (including phenoxy) is 1. The summed E-state index contributed by atoms with van der Waals surface area (Å²) in [6, 6.07) is 0. The maximum absolute atomic E-state index is 11.6. The number of carbonyl (C=O) groups excluding carboxylic acids is 1. The molecule has 144 valence electrons. The van der Waals surface area contributed by atoms with Crippen molar-refractivity contribution in [1.29, 1.82) is 0 Å². The van der Waals surface area contributed by atoms with Gasteiger partial charge >= 0.3 is 6.16 Å². The van der Waals surface area contributed by atoms with Crippen molar-refractivity contribution < 1.29 is 24.3 Å². The zero-order valence-corrected chi connectivity index (χ0v) is 16.6. The number of hydrogen-bond donors (Lipinski definition) is 0. The highest BCUT2D eigenvalue weighted by Gasteiger charge is 2.25. The monoisotopic (exact) mass is 346 g/mol. The van der Waals surface area contributed by atoms with Crippen LogP contribution in [0.3, 0.4) is 0 Å². The van der Waals surface area contributed by atoms with Crippen LogP contribution < -0.4 is 0 Å². The average Bonchev–Trinajstić information content (AvgIpc) is 2.54. The molecule has 5 heteroatoms. The largest absolute Gasteiger partial charge is 0.542 e. The molecule has 0 aromatic heterocycles. The first-order valence-electron chi connectivity index (χ1n) is 9.55. The van der Waals surface area contributed by atoms with Gasteiger partial charge in [-0.1, -0.05) is 66.7 Å². The van der Waals surface area contributed by atoms with Gasteiger partial charge in [0.25, 0.3) is 0 Å². The minimum Gasteiger partial charge on any atom is -0.432 e. The van der Waals surface area contributed by atoms with E-state index in [1.54, 1.807) is 0 Å². The van der Waals surface area contributed by atoms with Gasteiger partial charge in [-0.25, -0.2) is 9.68 Å². The van der Waals surface area contributed by atoms with Crippen LogP contribution in [0, 0.1) is 11.8 Å². The molecule has 0 rings (SSSR count). The summed E-state index contributed by atoms with van der Waals surface area (Å²) in [4.78, 5) is 21.5. The SMILES string of the molecule is CCCCC(CC)COC(=O)OOOC(C)(CC)CCCC(C)C. The van der Waals surface area contributed by atoms with Crippen molar-refractivity contribution in [3.05, 3.63) is 0 Å². The molecule has 5 nitrogen and oxygen atoms in total. The first-order chi connectivity index (χ1) is 11.4. The second kappa shape index (κ2) is 13.5. The molecule has 24 heavy (non-hydrogen) atoms. The van der Waals surface area contributed by atoms with Crippen LogP contribution in [0.25, 0.3) is 0 Å². The third-order valence-electron chi connectivity index (χ3n) is 4.55. The van der Waals surface area contributed by atoms with Crippen LogP contribution in [0.2, 0.25) is 0 Å². The molecular formula is C19H38O5. The molecule has 2 atom stereocenters. The van der Waals surface area contributed by atoms with E-state index in [9.17, 15) is 4.79 Å². The first-order valence-corrected chi connectivity index (χ1v) is 9.55. The van der Waals surface area contributed by atoms with Crippen molar-refractivity contribution >= 4 is 6.16 Å². The predicted octanol–water partition coefficient (Wildman–Crippen LogP) is 6.21. The average molecular weight is 347 g/mol. The maximum atomic E-state index is 11.6. The molecule has 0 fully saturated rings. The van der Waals surface area contributed by atoms with E-state index in [4.69, 9.17) is 9.62 Å².